The van der Waals surface area contributed by atoms with Crippen LogP contribution < -0.4 is 5.32 Å². The highest BCUT2D eigenvalue weighted by molar-refractivity contribution is 6.34. The third-order valence-electron chi connectivity index (χ3n) is 3.36. The third kappa shape index (κ3) is 3.04. The third-order valence-corrected chi connectivity index (χ3v) is 3.86. The quantitative estimate of drug-likeness (QED) is 0.850. The van der Waals surface area contributed by atoms with E-state index < -0.39 is 6.04 Å². The van der Waals surface area contributed by atoms with Gasteiger partial charge in [-0.1, -0.05) is 23.2 Å². The second-order valence-corrected chi connectivity index (χ2v) is 5.34. The highest BCUT2D eigenvalue weighted by Crippen LogP contribution is 2.23. The Morgan fingerprint density at radius 2 is 2.10 bits per heavy atom. The van der Waals surface area contributed by atoms with Crippen molar-refractivity contribution in [2.24, 2.45) is 0 Å². The Morgan fingerprint density at radius 3 is 2.75 bits per heavy atom. The number of halogens is 2. The molecule has 2 amide bonds. The molecule has 1 aliphatic heterocycles. The van der Waals surface area contributed by atoms with E-state index in [1.807, 2.05) is 0 Å². The zero-order valence-corrected chi connectivity index (χ0v) is 12.5. The van der Waals surface area contributed by atoms with Crippen molar-refractivity contribution in [1.29, 1.82) is 0 Å². The molecule has 1 aromatic rings. The van der Waals surface area contributed by atoms with E-state index in [-0.39, 0.29) is 27.7 Å². The molecule has 0 saturated carbocycles. The molecular weight excluding hydrogens is 301 g/mol. The van der Waals surface area contributed by atoms with Gasteiger partial charge in [-0.2, -0.15) is 0 Å². The number of amides is 2. The van der Waals surface area contributed by atoms with Crippen LogP contribution in [0.4, 0.5) is 0 Å². The fourth-order valence-electron chi connectivity index (χ4n) is 2.34. The van der Waals surface area contributed by atoms with Crippen molar-refractivity contribution in [1.82, 2.24) is 15.2 Å². The molecule has 0 radical (unpaired) electrons. The van der Waals surface area contributed by atoms with Gasteiger partial charge in [0.15, 0.2) is 0 Å². The van der Waals surface area contributed by atoms with Crippen molar-refractivity contribution in [3.05, 3.63) is 28.0 Å². The fourth-order valence-corrected chi connectivity index (χ4v) is 2.77. The normalized spacial score (nSPS) is 18.8. The first-order chi connectivity index (χ1) is 9.54. The maximum atomic E-state index is 12.5. The van der Waals surface area contributed by atoms with Gasteiger partial charge in [-0.25, -0.2) is 4.98 Å². The van der Waals surface area contributed by atoms with Gasteiger partial charge in [0, 0.05) is 13.6 Å². The largest absolute Gasteiger partial charge is 0.357 e. The van der Waals surface area contributed by atoms with Crippen LogP contribution in [0.2, 0.25) is 10.3 Å². The summed E-state index contributed by atoms with van der Waals surface area (Å²) in [6.45, 7) is 0.538. The summed E-state index contributed by atoms with van der Waals surface area (Å²) in [5.74, 6) is -0.441. The Hall–Kier alpha value is -1.33. The molecule has 1 N–H and O–H groups in total. The molecular formula is C13H15Cl2N3O2. The molecule has 0 aromatic carbocycles. The van der Waals surface area contributed by atoms with Crippen molar-refractivity contribution in [3.8, 4) is 0 Å². The Labute approximate surface area is 127 Å². The number of hydrogen-bond acceptors (Lipinski definition) is 3. The number of hydrogen-bond donors (Lipinski definition) is 1. The lowest BCUT2D eigenvalue weighted by Crippen LogP contribution is -2.51. The molecule has 1 atom stereocenters. The van der Waals surface area contributed by atoms with Gasteiger partial charge in [0.25, 0.3) is 5.91 Å². The summed E-state index contributed by atoms with van der Waals surface area (Å²) in [6, 6.07) is 2.60. The minimum Gasteiger partial charge on any atom is -0.357 e. The highest BCUT2D eigenvalue weighted by Gasteiger charge is 2.33. The SMILES string of the molecule is CNC(=O)C1CCCCN1C(=O)c1ccc(Cl)nc1Cl. The standard InChI is InChI=1S/C13H15Cl2N3O2/c1-16-12(19)9-4-2-3-7-18(9)13(20)8-5-6-10(14)17-11(8)15/h5-6,9H,2-4,7H2,1H3,(H,16,19). The van der Waals surface area contributed by atoms with Gasteiger partial charge in [-0.15, -0.1) is 0 Å². The number of rotatable bonds is 2. The Balaban J connectivity index is 2.27. The van der Waals surface area contributed by atoms with Crippen molar-refractivity contribution >= 4 is 35.0 Å². The van der Waals surface area contributed by atoms with Gasteiger partial charge >= 0.3 is 0 Å². The zero-order chi connectivity index (χ0) is 14.7. The topological polar surface area (TPSA) is 62.3 Å². The summed E-state index contributed by atoms with van der Waals surface area (Å²) >= 11 is 11.7. The summed E-state index contributed by atoms with van der Waals surface area (Å²) in [6.07, 6.45) is 2.45. The summed E-state index contributed by atoms with van der Waals surface area (Å²) in [5, 5.41) is 2.88. The number of piperidine rings is 1. The molecule has 0 aliphatic carbocycles. The van der Waals surface area contributed by atoms with E-state index in [0.717, 1.165) is 12.8 Å². The second-order valence-electron chi connectivity index (χ2n) is 4.60. The lowest BCUT2D eigenvalue weighted by Gasteiger charge is -2.34. The van der Waals surface area contributed by atoms with Gasteiger partial charge in [0.1, 0.15) is 16.3 Å². The summed E-state index contributed by atoms with van der Waals surface area (Å²) in [7, 11) is 1.57. The molecule has 1 unspecified atom stereocenters. The molecule has 2 rings (SSSR count). The lowest BCUT2D eigenvalue weighted by atomic mass is 10.0. The molecule has 0 bridgehead atoms. The van der Waals surface area contributed by atoms with Crippen LogP contribution in [0.1, 0.15) is 29.6 Å². The van der Waals surface area contributed by atoms with Crippen molar-refractivity contribution in [3.63, 3.8) is 0 Å². The van der Waals surface area contributed by atoms with E-state index >= 15 is 0 Å². The number of nitrogens with zero attached hydrogens (tertiary/aromatic N) is 2. The molecule has 5 nitrogen and oxygen atoms in total. The van der Waals surface area contributed by atoms with E-state index in [0.29, 0.717) is 13.0 Å². The fraction of sp³-hybridized carbons (Fsp3) is 0.462. The first-order valence-corrected chi connectivity index (χ1v) is 7.14. The monoisotopic (exact) mass is 315 g/mol. The minimum absolute atomic E-state index is 0.0590. The molecule has 1 aliphatic rings. The van der Waals surface area contributed by atoms with Crippen molar-refractivity contribution < 1.29 is 9.59 Å². The number of likely N-dealkylation sites (N-methyl/N-ethyl adjacent to an activating group) is 1. The van der Waals surface area contributed by atoms with Crippen LogP contribution in [0.25, 0.3) is 0 Å². The summed E-state index contributed by atoms with van der Waals surface area (Å²) in [5.41, 5.74) is 0.270. The minimum atomic E-state index is -0.451. The number of carbonyl (C=O) groups excluding carboxylic acids is 2. The zero-order valence-electron chi connectivity index (χ0n) is 11.0. The molecule has 108 valence electrons. The van der Waals surface area contributed by atoms with Gasteiger partial charge in [0.2, 0.25) is 5.91 Å². The van der Waals surface area contributed by atoms with Crippen LogP contribution in [0, 0.1) is 0 Å². The number of nitrogens with one attached hydrogen (secondary N) is 1. The lowest BCUT2D eigenvalue weighted by molar-refractivity contribution is -0.126. The van der Waals surface area contributed by atoms with Crippen LogP contribution in [0.3, 0.4) is 0 Å². The van der Waals surface area contributed by atoms with Gasteiger partial charge < -0.3 is 10.2 Å². The van der Waals surface area contributed by atoms with E-state index in [9.17, 15) is 9.59 Å². The first kappa shape index (κ1) is 15.1. The summed E-state index contributed by atoms with van der Waals surface area (Å²) in [4.78, 5) is 29.8. The van der Waals surface area contributed by atoms with Gasteiger partial charge in [-0.05, 0) is 31.4 Å². The molecule has 1 fully saturated rings. The molecule has 1 aromatic heterocycles. The smallest absolute Gasteiger partial charge is 0.257 e. The van der Waals surface area contributed by atoms with Crippen LogP contribution in [-0.2, 0) is 4.79 Å². The number of pyridine rings is 1. The first-order valence-electron chi connectivity index (χ1n) is 6.39. The number of aromatic nitrogens is 1. The van der Waals surface area contributed by atoms with Crippen LogP contribution in [0.5, 0.6) is 0 Å². The summed E-state index contributed by atoms with van der Waals surface area (Å²) < 4.78 is 0. The maximum Gasteiger partial charge on any atom is 0.257 e. The highest BCUT2D eigenvalue weighted by atomic mass is 35.5. The van der Waals surface area contributed by atoms with Crippen molar-refractivity contribution in [2.45, 2.75) is 25.3 Å². The second kappa shape index (κ2) is 6.41. The molecule has 20 heavy (non-hydrogen) atoms. The van der Waals surface area contributed by atoms with E-state index in [4.69, 9.17) is 23.2 Å². The predicted molar refractivity (Wildman–Crippen MR) is 77.0 cm³/mol. The average molecular weight is 316 g/mol. The van der Waals surface area contributed by atoms with Crippen molar-refractivity contribution in [2.75, 3.05) is 13.6 Å². The predicted octanol–water partition coefficient (Wildman–Crippen LogP) is 2.13. The Bertz CT molecular complexity index is 536. The Morgan fingerprint density at radius 1 is 1.35 bits per heavy atom. The van der Waals surface area contributed by atoms with E-state index in [1.54, 1.807) is 11.9 Å². The Kier molecular flexibility index (Phi) is 4.83. The molecule has 1 saturated heterocycles. The van der Waals surface area contributed by atoms with Crippen LogP contribution in [0.15, 0.2) is 12.1 Å². The van der Waals surface area contributed by atoms with E-state index in [1.165, 1.54) is 12.1 Å². The molecule has 7 heteroatoms. The maximum absolute atomic E-state index is 12.5. The van der Waals surface area contributed by atoms with Gasteiger partial charge in [-0.3, -0.25) is 9.59 Å². The van der Waals surface area contributed by atoms with Crippen LogP contribution >= 0.6 is 23.2 Å². The average Bonchev–Trinajstić information content (AvgIpc) is 2.46. The van der Waals surface area contributed by atoms with Crippen LogP contribution in [-0.4, -0.2) is 41.3 Å². The van der Waals surface area contributed by atoms with E-state index in [2.05, 4.69) is 10.3 Å². The number of likely N-dealkylation sites (tertiary alicyclic amines) is 1. The molecule has 0 spiro atoms. The van der Waals surface area contributed by atoms with Gasteiger partial charge in [0.05, 0.1) is 5.56 Å². The molecule has 2 heterocycles. The number of carbonyl (C=O) groups is 2.